The molecule has 2 aromatic carbocycles. The summed E-state index contributed by atoms with van der Waals surface area (Å²) in [5.41, 5.74) is 2.31. The van der Waals surface area contributed by atoms with Crippen LogP contribution >= 0.6 is 11.6 Å². The number of anilines is 1. The first-order valence-corrected chi connectivity index (χ1v) is 10.3. The molecule has 3 aromatic rings. The highest BCUT2D eigenvalue weighted by atomic mass is 35.5. The van der Waals surface area contributed by atoms with Crippen molar-refractivity contribution < 1.29 is 19.1 Å². The molecule has 0 atom stereocenters. The van der Waals surface area contributed by atoms with E-state index >= 15 is 0 Å². The Kier molecular flexibility index (Phi) is 7.68. The summed E-state index contributed by atoms with van der Waals surface area (Å²) >= 11 is 5.90. The zero-order valence-electron chi connectivity index (χ0n) is 18.1. The van der Waals surface area contributed by atoms with Gasteiger partial charge < -0.3 is 19.7 Å². The van der Waals surface area contributed by atoms with Crippen molar-refractivity contribution in [3.8, 4) is 11.5 Å². The molecule has 32 heavy (non-hydrogen) atoms. The van der Waals surface area contributed by atoms with E-state index in [2.05, 4.69) is 10.3 Å². The van der Waals surface area contributed by atoms with Crippen LogP contribution in [0.2, 0.25) is 5.02 Å². The fraction of sp³-hybridized carbons (Fsp3) is 0.208. The van der Waals surface area contributed by atoms with Crippen LogP contribution in [-0.4, -0.2) is 42.4 Å². The molecule has 1 aromatic heterocycles. The van der Waals surface area contributed by atoms with E-state index < -0.39 is 0 Å². The molecule has 7 nitrogen and oxygen atoms in total. The third kappa shape index (κ3) is 6.21. The molecule has 8 heteroatoms. The van der Waals surface area contributed by atoms with Crippen molar-refractivity contribution in [2.24, 2.45) is 0 Å². The zero-order chi connectivity index (χ0) is 23.1. The molecule has 0 fully saturated rings. The minimum Gasteiger partial charge on any atom is -0.493 e. The van der Waals surface area contributed by atoms with Gasteiger partial charge >= 0.3 is 0 Å². The SMILES string of the molecule is COc1cc(C(=O)N(C)CC(=O)Nc2cc(C)ccn2)ccc1OCc1ccc(Cl)cc1. The second-order valence-corrected chi connectivity index (χ2v) is 7.65. The molecule has 0 saturated carbocycles. The number of nitrogens with zero attached hydrogens (tertiary/aromatic N) is 2. The zero-order valence-corrected chi connectivity index (χ0v) is 18.8. The molecule has 0 saturated heterocycles. The van der Waals surface area contributed by atoms with E-state index in [-0.39, 0.29) is 18.4 Å². The molecule has 0 radical (unpaired) electrons. The minimum atomic E-state index is -0.339. The lowest BCUT2D eigenvalue weighted by molar-refractivity contribution is -0.116. The van der Waals surface area contributed by atoms with E-state index in [1.54, 1.807) is 49.6 Å². The van der Waals surface area contributed by atoms with E-state index in [4.69, 9.17) is 21.1 Å². The van der Waals surface area contributed by atoms with Crippen LogP contribution in [0.25, 0.3) is 0 Å². The van der Waals surface area contributed by atoms with Gasteiger partial charge in [-0.2, -0.15) is 0 Å². The first-order valence-electron chi connectivity index (χ1n) is 9.89. The van der Waals surface area contributed by atoms with E-state index in [1.807, 2.05) is 25.1 Å². The second kappa shape index (κ2) is 10.6. The molecular weight excluding hydrogens is 430 g/mol. The van der Waals surface area contributed by atoms with Crippen molar-refractivity contribution in [1.82, 2.24) is 9.88 Å². The number of nitrogens with one attached hydrogen (secondary N) is 1. The summed E-state index contributed by atoms with van der Waals surface area (Å²) in [6.07, 6.45) is 1.61. The maximum Gasteiger partial charge on any atom is 0.254 e. The summed E-state index contributed by atoms with van der Waals surface area (Å²) in [4.78, 5) is 30.5. The van der Waals surface area contributed by atoms with E-state index in [0.717, 1.165) is 11.1 Å². The molecule has 0 bridgehead atoms. The predicted molar refractivity (Wildman–Crippen MR) is 123 cm³/mol. The van der Waals surface area contributed by atoms with Gasteiger partial charge in [0.05, 0.1) is 13.7 Å². The van der Waals surface area contributed by atoms with Crippen LogP contribution in [0.1, 0.15) is 21.5 Å². The average Bonchev–Trinajstić information content (AvgIpc) is 2.78. The number of hydrogen-bond acceptors (Lipinski definition) is 5. The maximum atomic E-state index is 12.8. The van der Waals surface area contributed by atoms with Crippen LogP contribution in [-0.2, 0) is 11.4 Å². The number of hydrogen-bond donors (Lipinski definition) is 1. The Morgan fingerprint density at radius 2 is 1.81 bits per heavy atom. The number of ether oxygens (including phenoxy) is 2. The molecule has 1 N–H and O–H groups in total. The van der Waals surface area contributed by atoms with Gasteiger partial charge in [-0.05, 0) is 60.5 Å². The fourth-order valence-electron chi connectivity index (χ4n) is 2.96. The first-order chi connectivity index (χ1) is 15.4. The molecule has 166 valence electrons. The lowest BCUT2D eigenvalue weighted by Crippen LogP contribution is -2.35. The number of methoxy groups -OCH3 is 1. The lowest BCUT2D eigenvalue weighted by atomic mass is 10.1. The highest BCUT2D eigenvalue weighted by molar-refractivity contribution is 6.30. The molecule has 1 heterocycles. The molecule has 0 aliphatic carbocycles. The van der Waals surface area contributed by atoms with Crippen LogP contribution in [0, 0.1) is 6.92 Å². The molecule has 0 unspecified atom stereocenters. The van der Waals surface area contributed by atoms with Gasteiger partial charge in [0, 0.05) is 23.8 Å². The summed E-state index contributed by atoms with van der Waals surface area (Å²) in [6.45, 7) is 2.11. The Morgan fingerprint density at radius 1 is 1.06 bits per heavy atom. The number of aromatic nitrogens is 1. The van der Waals surface area contributed by atoms with Gasteiger partial charge in [-0.3, -0.25) is 9.59 Å². The van der Waals surface area contributed by atoms with Gasteiger partial charge in [0.15, 0.2) is 11.5 Å². The normalized spacial score (nSPS) is 10.4. The third-order valence-electron chi connectivity index (χ3n) is 4.63. The topological polar surface area (TPSA) is 80.8 Å². The number of aryl methyl sites for hydroxylation is 1. The number of carbonyl (C=O) groups excluding carboxylic acids is 2. The quantitative estimate of drug-likeness (QED) is 0.548. The summed E-state index contributed by atoms with van der Waals surface area (Å²) in [5.74, 6) is 0.713. The molecule has 0 aliphatic heterocycles. The van der Waals surface area contributed by atoms with Crippen molar-refractivity contribution in [3.63, 3.8) is 0 Å². The van der Waals surface area contributed by atoms with Gasteiger partial charge in [-0.25, -0.2) is 4.98 Å². The van der Waals surface area contributed by atoms with Crippen LogP contribution in [0.5, 0.6) is 11.5 Å². The van der Waals surface area contributed by atoms with Crippen LogP contribution in [0.4, 0.5) is 5.82 Å². The second-order valence-electron chi connectivity index (χ2n) is 7.21. The van der Waals surface area contributed by atoms with Crippen molar-refractivity contribution in [2.75, 3.05) is 26.0 Å². The number of rotatable bonds is 8. The number of benzene rings is 2. The Labute approximate surface area is 191 Å². The highest BCUT2D eigenvalue weighted by Crippen LogP contribution is 2.29. The molecule has 0 spiro atoms. The van der Waals surface area contributed by atoms with Gasteiger partial charge in [0.1, 0.15) is 12.4 Å². The maximum absolute atomic E-state index is 12.8. The van der Waals surface area contributed by atoms with Crippen LogP contribution in [0.15, 0.2) is 60.8 Å². The summed E-state index contributed by atoms with van der Waals surface area (Å²) in [5, 5.41) is 3.35. The summed E-state index contributed by atoms with van der Waals surface area (Å²) in [7, 11) is 3.06. The number of amides is 2. The monoisotopic (exact) mass is 453 g/mol. The Bertz CT molecular complexity index is 1100. The molecule has 0 aliphatic rings. The Balaban J connectivity index is 1.62. The third-order valence-corrected chi connectivity index (χ3v) is 4.88. The van der Waals surface area contributed by atoms with Crippen LogP contribution < -0.4 is 14.8 Å². The van der Waals surface area contributed by atoms with Crippen molar-refractivity contribution in [3.05, 3.63) is 82.5 Å². The van der Waals surface area contributed by atoms with Gasteiger partial charge in [0.25, 0.3) is 5.91 Å². The van der Waals surface area contributed by atoms with Gasteiger partial charge in [-0.1, -0.05) is 23.7 Å². The number of pyridine rings is 1. The van der Waals surface area contributed by atoms with E-state index in [0.29, 0.717) is 34.5 Å². The molecular formula is C24H24ClN3O4. The molecule has 3 rings (SSSR count). The van der Waals surface area contributed by atoms with E-state index in [9.17, 15) is 9.59 Å². The average molecular weight is 454 g/mol. The largest absolute Gasteiger partial charge is 0.493 e. The smallest absolute Gasteiger partial charge is 0.254 e. The number of likely N-dealkylation sites (N-methyl/N-ethyl adjacent to an activating group) is 1. The predicted octanol–water partition coefficient (Wildman–Crippen LogP) is 4.34. The highest BCUT2D eigenvalue weighted by Gasteiger charge is 2.18. The number of halogens is 1. The standard InChI is InChI=1S/C24H24ClN3O4/c1-16-10-11-26-22(12-16)27-23(29)14-28(2)24(30)18-6-9-20(21(13-18)31-3)32-15-17-4-7-19(25)8-5-17/h4-13H,14-15H2,1-3H3,(H,26,27,29). The van der Waals surface area contributed by atoms with Gasteiger partial charge in [-0.15, -0.1) is 0 Å². The van der Waals surface area contributed by atoms with E-state index in [1.165, 1.54) is 12.0 Å². The lowest BCUT2D eigenvalue weighted by Gasteiger charge is -2.18. The van der Waals surface area contributed by atoms with Crippen molar-refractivity contribution in [1.29, 1.82) is 0 Å². The van der Waals surface area contributed by atoms with Gasteiger partial charge in [0.2, 0.25) is 5.91 Å². The fourth-order valence-corrected chi connectivity index (χ4v) is 3.08. The van der Waals surface area contributed by atoms with Crippen LogP contribution in [0.3, 0.4) is 0 Å². The summed E-state index contributed by atoms with van der Waals surface area (Å²) < 4.78 is 11.2. The van der Waals surface area contributed by atoms with Crippen molar-refractivity contribution in [2.45, 2.75) is 13.5 Å². The Morgan fingerprint density at radius 3 is 2.50 bits per heavy atom. The minimum absolute atomic E-state index is 0.119. The Hall–Kier alpha value is -3.58. The van der Waals surface area contributed by atoms with Crippen molar-refractivity contribution >= 4 is 29.2 Å². The number of carbonyl (C=O) groups is 2. The molecule has 2 amide bonds. The first kappa shape index (κ1) is 23.1. The summed E-state index contributed by atoms with van der Waals surface area (Å²) in [6, 6.07) is 15.8.